The molecule has 176 valence electrons. The number of esters is 1. The molecule has 4 aromatic rings. The van der Waals surface area contributed by atoms with Crippen LogP contribution in [0.15, 0.2) is 82.0 Å². The number of nitro benzene ring substituents is 1. The topological polar surface area (TPSA) is 109 Å². The van der Waals surface area contributed by atoms with Gasteiger partial charge in [-0.25, -0.2) is 4.79 Å². The summed E-state index contributed by atoms with van der Waals surface area (Å²) < 4.78 is 16.7. The number of non-ortho nitro benzene ring substituents is 1. The van der Waals surface area contributed by atoms with Crippen molar-refractivity contribution in [2.45, 2.75) is 13.3 Å². The van der Waals surface area contributed by atoms with Crippen LogP contribution in [0, 0.1) is 10.1 Å². The Kier molecular flexibility index (Phi) is 6.73. The van der Waals surface area contributed by atoms with Crippen LogP contribution in [0.1, 0.15) is 18.1 Å². The van der Waals surface area contributed by atoms with Gasteiger partial charge in [0.15, 0.2) is 5.76 Å². The zero-order chi connectivity index (χ0) is 24.9. The summed E-state index contributed by atoms with van der Waals surface area (Å²) in [5.41, 5.74) is 1.67. The molecule has 0 amide bonds. The largest absolute Gasteiger partial charge is 0.497 e. The Hall–Kier alpha value is -4.72. The predicted octanol–water partition coefficient (Wildman–Crippen LogP) is 5.56. The maximum Gasteiger partial charge on any atom is 0.336 e. The normalized spacial score (nSPS) is 11.0. The number of hydrogen-bond donors (Lipinski definition) is 0. The van der Waals surface area contributed by atoms with E-state index in [1.165, 1.54) is 31.4 Å². The van der Waals surface area contributed by atoms with Gasteiger partial charge in [-0.1, -0.05) is 25.1 Å². The van der Waals surface area contributed by atoms with Crippen LogP contribution >= 0.6 is 0 Å². The zero-order valence-corrected chi connectivity index (χ0v) is 19.0. The van der Waals surface area contributed by atoms with Gasteiger partial charge in [0.05, 0.1) is 17.4 Å². The smallest absolute Gasteiger partial charge is 0.336 e. The molecule has 0 aliphatic rings. The summed E-state index contributed by atoms with van der Waals surface area (Å²) in [6, 6.07) is 17.9. The molecule has 0 unspecified atom stereocenters. The van der Waals surface area contributed by atoms with Gasteiger partial charge in [0, 0.05) is 23.8 Å². The first kappa shape index (κ1) is 23.4. The molecule has 0 bridgehead atoms. The molecule has 0 saturated carbocycles. The van der Waals surface area contributed by atoms with Crippen molar-refractivity contribution in [3.05, 3.63) is 104 Å². The quantitative estimate of drug-likeness (QED) is 0.150. The number of aryl methyl sites for hydroxylation is 1. The minimum absolute atomic E-state index is 0.103. The monoisotopic (exact) mass is 471 g/mol. The zero-order valence-electron chi connectivity index (χ0n) is 19.0. The number of fused-ring (bicyclic) bond motifs is 1. The maximum absolute atomic E-state index is 13.4. The second-order valence-electron chi connectivity index (χ2n) is 7.61. The lowest BCUT2D eigenvalue weighted by Crippen LogP contribution is -2.14. The molecule has 0 aliphatic heterocycles. The second-order valence-corrected chi connectivity index (χ2v) is 7.61. The Labute approximate surface area is 200 Å². The molecule has 0 aliphatic carbocycles. The fourth-order valence-electron chi connectivity index (χ4n) is 3.51. The summed E-state index contributed by atoms with van der Waals surface area (Å²) in [7, 11) is 1.54. The van der Waals surface area contributed by atoms with E-state index in [-0.39, 0.29) is 17.2 Å². The molecule has 0 saturated heterocycles. The van der Waals surface area contributed by atoms with E-state index >= 15 is 0 Å². The minimum atomic E-state index is -0.829. The molecule has 8 nitrogen and oxygen atoms in total. The van der Waals surface area contributed by atoms with Crippen molar-refractivity contribution in [3.63, 3.8) is 0 Å². The Bertz CT molecular complexity index is 1500. The van der Waals surface area contributed by atoms with Crippen LogP contribution in [0.5, 0.6) is 11.5 Å². The molecule has 0 atom stereocenters. The number of carbonyl (C=O) groups is 1. The van der Waals surface area contributed by atoms with E-state index in [1.54, 1.807) is 42.5 Å². The van der Waals surface area contributed by atoms with Crippen molar-refractivity contribution in [1.82, 2.24) is 0 Å². The average Bonchev–Trinajstić information content (AvgIpc) is 2.89. The number of hydrogen-bond acceptors (Lipinski definition) is 7. The maximum atomic E-state index is 13.4. The van der Waals surface area contributed by atoms with Gasteiger partial charge < -0.3 is 13.9 Å². The lowest BCUT2D eigenvalue weighted by Gasteiger charge is -2.11. The van der Waals surface area contributed by atoms with Crippen LogP contribution in [0.3, 0.4) is 0 Å². The highest BCUT2D eigenvalue weighted by Crippen LogP contribution is 2.32. The molecule has 0 radical (unpaired) electrons. The van der Waals surface area contributed by atoms with E-state index in [1.807, 2.05) is 13.0 Å². The van der Waals surface area contributed by atoms with E-state index in [0.29, 0.717) is 27.8 Å². The molecule has 1 aromatic heterocycles. The molecule has 0 fully saturated rings. The summed E-state index contributed by atoms with van der Waals surface area (Å²) in [6.45, 7) is 1.97. The van der Waals surface area contributed by atoms with Crippen LogP contribution in [-0.2, 0) is 11.2 Å². The van der Waals surface area contributed by atoms with Crippen molar-refractivity contribution in [1.29, 1.82) is 0 Å². The number of carbonyl (C=O) groups excluding carboxylic acids is 1. The third-order valence-corrected chi connectivity index (χ3v) is 5.37. The van der Waals surface area contributed by atoms with E-state index in [2.05, 4.69) is 0 Å². The van der Waals surface area contributed by atoms with Gasteiger partial charge in [-0.15, -0.1) is 0 Å². The summed E-state index contributed by atoms with van der Waals surface area (Å²) >= 11 is 0. The van der Waals surface area contributed by atoms with E-state index < -0.39 is 16.3 Å². The molecule has 8 heteroatoms. The molecule has 1 heterocycles. The number of rotatable bonds is 7. The van der Waals surface area contributed by atoms with Gasteiger partial charge in [0.2, 0.25) is 11.2 Å². The van der Waals surface area contributed by atoms with Crippen molar-refractivity contribution in [2.24, 2.45) is 0 Å². The van der Waals surface area contributed by atoms with Crippen molar-refractivity contribution in [2.75, 3.05) is 7.11 Å². The lowest BCUT2D eigenvalue weighted by atomic mass is 10.1. The minimum Gasteiger partial charge on any atom is -0.497 e. The summed E-state index contributed by atoms with van der Waals surface area (Å²) in [5.74, 6) is -0.358. The molecule has 4 rings (SSSR count). The van der Waals surface area contributed by atoms with Crippen LogP contribution in [0.4, 0.5) is 5.69 Å². The number of ether oxygens (including phenoxy) is 2. The van der Waals surface area contributed by atoms with E-state index in [0.717, 1.165) is 18.1 Å². The lowest BCUT2D eigenvalue weighted by molar-refractivity contribution is -0.384. The highest BCUT2D eigenvalue weighted by atomic mass is 16.6. The Morgan fingerprint density at radius 3 is 2.54 bits per heavy atom. The molecule has 35 heavy (non-hydrogen) atoms. The van der Waals surface area contributed by atoms with E-state index in [4.69, 9.17) is 13.9 Å². The number of nitrogens with zero attached hydrogens (tertiary/aromatic N) is 1. The van der Waals surface area contributed by atoms with Crippen molar-refractivity contribution < 1.29 is 23.6 Å². The van der Waals surface area contributed by atoms with Gasteiger partial charge in [0.1, 0.15) is 11.3 Å². The fourth-order valence-corrected chi connectivity index (χ4v) is 3.51. The van der Waals surface area contributed by atoms with Crippen LogP contribution in [-0.4, -0.2) is 18.0 Å². The first-order valence-electron chi connectivity index (χ1n) is 10.8. The van der Waals surface area contributed by atoms with Crippen LogP contribution in [0.2, 0.25) is 0 Å². The standard InChI is InChI=1S/C27H21NO7/c1-3-17-7-13-23-22(16-17)25(30)27(26(34-23)19-9-11-21(33-2)12-10-19)35-24(29)14-8-18-5-4-6-20(15-18)28(31)32/h4-16H,3H2,1-2H3/b14-8+. The van der Waals surface area contributed by atoms with Gasteiger partial charge in [-0.2, -0.15) is 0 Å². The second kappa shape index (κ2) is 10.0. The van der Waals surface area contributed by atoms with Crippen molar-refractivity contribution in [3.8, 4) is 22.8 Å². The number of methoxy groups -OCH3 is 1. The van der Waals surface area contributed by atoms with E-state index in [9.17, 15) is 19.7 Å². The molecular formula is C27H21NO7. The molecular weight excluding hydrogens is 450 g/mol. The summed E-state index contributed by atoms with van der Waals surface area (Å²) in [6.07, 6.45) is 3.19. The number of nitro groups is 1. The highest BCUT2D eigenvalue weighted by molar-refractivity contribution is 5.91. The number of benzene rings is 3. The van der Waals surface area contributed by atoms with Crippen LogP contribution < -0.4 is 14.9 Å². The Morgan fingerprint density at radius 2 is 1.86 bits per heavy atom. The van der Waals surface area contributed by atoms with Crippen LogP contribution in [0.25, 0.3) is 28.4 Å². The van der Waals surface area contributed by atoms with Gasteiger partial charge in [-0.05, 0) is 60.0 Å². The molecule has 0 N–H and O–H groups in total. The SMILES string of the molecule is CCc1ccc2oc(-c3ccc(OC)cc3)c(OC(=O)/C=C/c3cccc([N+](=O)[O-])c3)c(=O)c2c1. The van der Waals surface area contributed by atoms with Crippen molar-refractivity contribution >= 4 is 28.7 Å². The van der Waals surface area contributed by atoms with Gasteiger partial charge in [0.25, 0.3) is 5.69 Å². The highest BCUT2D eigenvalue weighted by Gasteiger charge is 2.20. The predicted molar refractivity (Wildman–Crippen MR) is 132 cm³/mol. The van der Waals surface area contributed by atoms with Gasteiger partial charge >= 0.3 is 5.97 Å². The third kappa shape index (κ3) is 5.11. The first-order chi connectivity index (χ1) is 16.9. The summed E-state index contributed by atoms with van der Waals surface area (Å²) in [4.78, 5) is 36.5. The Morgan fingerprint density at radius 1 is 1.09 bits per heavy atom. The fraction of sp³-hybridized carbons (Fsp3) is 0.111. The third-order valence-electron chi connectivity index (χ3n) is 5.37. The first-order valence-corrected chi connectivity index (χ1v) is 10.8. The Balaban J connectivity index is 1.75. The average molecular weight is 471 g/mol. The molecule has 3 aromatic carbocycles. The molecule has 0 spiro atoms. The van der Waals surface area contributed by atoms with Gasteiger partial charge in [-0.3, -0.25) is 14.9 Å². The summed E-state index contributed by atoms with van der Waals surface area (Å²) in [5, 5.41) is 11.3.